The lowest BCUT2D eigenvalue weighted by Gasteiger charge is -2.39. The van der Waals surface area contributed by atoms with Crippen LogP contribution in [0.3, 0.4) is 0 Å². The van der Waals surface area contributed by atoms with E-state index in [1.807, 2.05) is 0 Å². The van der Waals surface area contributed by atoms with Gasteiger partial charge in [0.1, 0.15) is 11.9 Å². The zero-order valence-electron chi connectivity index (χ0n) is 17.5. The van der Waals surface area contributed by atoms with Crippen LogP contribution in [0, 0.1) is 11.2 Å². The molecule has 0 spiro atoms. The average Bonchev–Trinajstić information content (AvgIpc) is 3.20. The first kappa shape index (κ1) is 20.8. The maximum Gasteiger partial charge on any atom is 0.216 e. The number of guanidine groups is 1. The van der Waals surface area contributed by atoms with E-state index in [-0.39, 0.29) is 22.9 Å². The number of anilines is 1. The van der Waals surface area contributed by atoms with E-state index in [9.17, 15) is 14.0 Å². The molecule has 162 valence electrons. The van der Waals surface area contributed by atoms with Gasteiger partial charge in [-0.3, -0.25) is 14.7 Å². The first-order valence-electron chi connectivity index (χ1n) is 10.2. The van der Waals surface area contributed by atoms with Crippen molar-refractivity contribution in [2.45, 2.75) is 39.2 Å². The van der Waals surface area contributed by atoms with Gasteiger partial charge in [-0.25, -0.2) is 9.38 Å². The van der Waals surface area contributed by atoms with Crippen molar-refractivity contribution in [3.05, 3.63) is 59.3 Å². The van der Waals surface area contributed by atoms with Crippen LogP contribution in [-0.2, 0) is 9.59 Å². The second-order valence-corrected chi connectivity index (χ2v) is 8.38. The number of hydrogen-bond donors (Lipinski definition) is 4. The minimum Gasteiger partial charge on any atom is -0.356 e. The summed E-state index contributed by atoms with van der Waals surface area (Å²) in [6.45, 7) is 4.05. The molecule has 0 bridgehead atoms. The molecule has 2 aliphatic rings. The molecule has 2 aromatic rings. The van der Waals surface area contributed by atoms with Gasteiger partial charge in [-0.05, 0) is 36.0 Å². The van der Waals surface area contributed by atoms with Gasteiger partial charge in [-0.15, -0.1) is 0 Å². The lowest BCUT2D eigenvalue weighted by Crippen LogP contribution is -2.43. The van der Waals surface area contributed by atoms with Gasteiger partial charge < -0.3 is 16.0 Å². The summed E-state index contributed by atoms with van der Waals surface area (Å²) in [5.41, 5.74) is 2.59. The van der Waals surface area contributed by atoms with Crippen molar-refractivity contribution in [2.75, 3.05) is 11.9 Å². The number of Topliss-reactive ketones (excluding diaryl/α,β-unsaturated/α-hetero) is 1. The third-order valence-corrected chi connectivity index (χ3v) is 5.67. The summed E-state index contributed by atoms with van der Waals surface area (Å²) in [6.07, 6.45) is 5.01. The second-order valence-electron chi connectivity index (χ2n) is 8.38. The first-order valence-corrected chi connectivity index (χ1v) is 10.2. The van der Waals surface area contributed by atoms with E-state index in [1.165, 1.54) is 19.1 Å². The molecule has 8 nitrogen and oxygen atoms in total. The van der Waals surface area contributed by atoms with Crippen molar-refractivity contribution in [1.29, 1.82) is 0 Å². The van der Waals surface area contributed by atoms with Crippen LogP contribution in [0.4, 0.5) is 10.1 Å². The van der Waals surface area contributed by atoms with E-state index in [0.717, 1.165) is 16.9 Å². The normalized spacial score (nSPS) is 23.0. The van der Waals surface area contributed by atoms with Gasteiger partial charge in [-0.2, -0.15) is 5.10 Å². The number of rotatable bonds is 5. The van der Waals surface area contributed by atoms with E-state index in [4.69, 9.17) is 4.99 Å². The molecule has 0 saturated carbocycles. The molecule has 1 aromatic carbocycles. The van der Waals surface area contributed by atoms with Gasteiger partial charge in [0.25, 0.3) is 0 Å². The molecule has 1 aliphatic carbocycles. The van der Waals surface area contributed by atoms with E-state index < -0.39 is 6.04 Å². The highest BCUT2D eigenvalue weighted by atomic mass is 19.1. The fraction of sp³-hybridized carbons (Fsp3) is 0.364. The van der Waals surface area contributed by atoms with Crippen molar-refractivity contribution in [1.82, 2.24) is 20.8 Å². The molecule has 4 N–H and O–H groups in total. The number of aliphatic imine (C=N–C) groups is 1. The molecule has 0 saturated heterocycles. The summed E-state index contributed by atoms with van der Waals surface area (Å²) in [7, 11) is 0. The Morgan fingerprint density at radius 3 is 2.74 bits per heavy atom. The number of H-pyrrole nitrogens is 1. The Bertz CT molecular complexity index is 1040. The van der Waals surface area contributed by atoms with Gasteiger partial charge in [0, 0.05) is 37.4 Å². The molecule has 1 amide bonds. The molecule has 0 fully saturated rings. The summed E-state index contributed by atoms with van der Waals surface area (Å²) < 4.78 is 13.5. The molecule has 2 heterocycles. The van der Waals surface area contributed by atoms with E-state index in [0.29, 0.717) is 37.3 Å². The lowest BCUT2D eigenvalue weighted by atomic mass is 9.70. The van der Waals surface area contributed by atoms with Crippen molar-refractivity contribution in [3.8, 4) is 0 Å². The second kappa shape index (κ2) is 8.33. The maximum absolute atomic E-state index is 13.5. The predicted molar refractivity (Wildman–Crippen MR) is 115 cm³/mol. The lowest BCUT2D eigenvalue weighted by molar-refractivity contribution is -0.119. The van der Waals surface area contributed by atoms with Crippen molar-refractivity contribution in [3.63, 3.8) is 0 Å². The van der Waals surface area contributed by atoms with Gasteiger partial charge in [-0.1, -0.05) is 19.1 Å². The number of halogens is 1. The molecule has 1 aliphatic heterocycles. The van der Waals surface area contributed by atoms with Crippen LogP contribution < -0.4 is 16.0 Å². The fourth-order valence-corrected chi connectivity index (χ4v) is 4.16. The number of amides is 1. The summed E-state index contributed by atoms with van der Waals surface area (Å²) in [6, 6.07) is 5.54. The first-order chi connectivity index (χ1) is 14.8. The highest BCUT2D eigenvalue weighted by molar-refractivity contribution is 6.03. The smallest absolute Gasteiger partial charge is 0.216 e. The van der Waals surface area contributed by atoms with E-state index in [1.54, 1.807) is 24.5 Å². The van der Waals surface area contributed by atoms with Crippen LogP contribution in [0.5, 0.6) is 0 Å². The van der Waals surface area contributed by atoms with Crippen LogP contribution in [0.15, 0.2) is 52.9 Å². The number of carbonyl (C=O) groups is 2. The largest absolute Gasteiger partial charge is 0.356 e. The van der Waals surface area contributed by atoms with E-state index in [2.05, 4.69) is 33.1 Å². The van der Waals surface area contributed by atoms with Crippen LogP contribution >= 0.6 is 0 Å². The Morgan fingerprint density at radius 1 is 1.29 bits per heavy atom. The minimum absolute atomic E-state index is 0.0134. The van der Waals surface area contributed by atoms with Gasteiger partial charge in [0.05, 0.1) is 11.9 Å². The van der Waals surface area contributed by atoms with Crippen molar-refractivity contribution in [2.24, 2.45) is 10.4 Å². The van der Waals surface area contributed by atoms with Gasteiger partial charge >= 0.3 is 0 Å². The molecule has 31 heavy (non-hydrogen) atoms. The monoisotopic (exact) mass is 424 g/mol. The van der Waals surface area contributed by atoms with Crippen LogP contribution in [-0.4, -0.2) is 34.4 Å². The minimum atomic E-state index is -0.529. The molecule has 9 heteroatoms. The topological polar surface area (TPSA) is 111 Å². The Balaban J connectivity index is 1.65. The summed E-state index contributed by atoms with van der Waals surface area (Å²) in [5, 5.41) is 15.9. The Hall–Kier alpha value is -3.49. The van der Waals surface area contributed by atoms with E-state index >= 15 is 0 Å². The fourth-order valence-electron chi connectivity index (χ4n) is 4.16. The van der Waals surface area contributed by atoms with Gasteiger partial charge in [0.2, 0.25) is 11.9 Å². The van der Waals surface area contributed by atoms with Crippen LogP contribution in [0.1, 0.15) is 44.7 Å². The number of nitrogens with one attached hydrogen (secondary N) is 4. The number of aromatic nitrogens is 2. The molecule has 2 atom stereocenters. The van der Waals surface area contributed by atoms with Crippen LogP contribution in [0.25, 0.3) is 0 Å². The standard InChI is InChI=1S/C22H25FN6O2/c1-13(30)24-8-7-22(2)9-17-19(18(31)10-22)20(14-3-5-15(23)6-4-14)29-21(28-17)27-16-11-25-26-12-16/h3-6,11-12,20H,7-10H2,1-2H3,(H,24,30)(H,25,26)(H2,27,28,29)/t20-,22-/m0/s1. The summed E-state index contributed by atoms with van der Waals surface area (Å²) >= 11 is 0. The van der Waals surface area contributed by atoms with Crippen molar-refractivity contribution < 1.29 is 14.0 Å². The molecular weight excluding hydrogens is 399 g/mol. The SMILES string of the molecule is CC(=O)NCC[C@]1(C)CC(=O)C2=C(C1)NC(Nc1cn[nH]c1)=N[C@H]2c1ccc(F)cc1. The zero-order valence-corrected chi connectivity index (χ0v) is 17.5. The number of aromatic amines is 1. The van der Waals surface area contributed by atoms with Crippen molar-refractivity contribution >= 4 is 23.3 Å². The average molecular weight is 424 g/mol. The number of ketones is 1. The highest BCUT2D eigenvalue weighted by Crippen LogP contribution is 2.44. The number of carbonyl (C=O) groups excluding carboxylic acids is 2. The highest BCUT2D eigenvalue weighted by Gasteiger charge is 2.41. The zero-order chi connectivity index (χ0) is 22.0. The van der Waals surface area contributed by atoms with Crippen LogP contribution in [0.2, 0.25) is 0 Å². The molecular formula is C22H25FN6O2. The molecule has 4 rings (SSSR count). The predicted octanol–water partition coefficient (Wildman–Crippen LogP) is 2.81. The Kier molecular flexibility index (Phi) is 5.58. The quantitative estimate of drug-likeness (QED) is 0.590. The maximum atomic E-state index is 13.5. The number of benzene rings is 1. The molecule has 1 aromatic heterocycles. The number of allylic oxidation sites excluding steroid dienone is 1. The number of nitrogens with zero attached hydrogens (tertiary/aromatic N) is 2. The third-order valence-electron chi connectivity index (χ3n) is 5.67. The Morgan fingerprint density at radius 2 is 2.06 bits per heavy atom. The summed E-state index contributed by atoms with van der Waals surface area (Å²) in [4.78, 5) is 29.2. The van der Waals surface area contributed by atoms with Gasteiger partial charge in [0.15, 0.2) is 5.78 Å². The number of hydrogen-bond acceptors (Lipinski definition) is 6. The summed E-state index contributed by atoms with van der Waals surface area (Å²) in [5.74, 6) is 0.0811. The molecule has 0 radical (unpaired) electrons. The molecule has 0 unspecified atom stereocenters. The Labute approximate surface area is 179 Å². The third kappa shape index (κ3) is 4.65.